The van der Waals surface area contributed by atoms with Crippen LogP contribution in [0.15, 0.2) is 24.3 Å². The topological polar surface area (TPSA) is 12.5 Å². The Morgan fingerprint density at radius 1 is 0.708 bits per heavy atom. The molecule has 1 nitrogen and oxygen atoms in total. The van der Waals surface area contributed by atoms with Crippen LogP contribution in [0.4, 0.5) is 0 Å². The molecule has 1 aliphatic heterocycles. The fourth-order valence-electron chi connectivity index (χ4n) is 3.60. The molecule has 136 valence electrons. The summed E-state index contributed by atoms with van der Waals surface area (Å²) in [6.07, 6.45) is 19.2. The molecule has 0 spiro atoms. The van der Waals surface area contributed by atoms with E-state index in [2.05, 4.69) is 38.1 Å². The minimum atomic E-state index is 0.387. The first kappa shape index (κ1) is 19.5. The Labute approximate surface area is 150 Å². The Morgan fingerprint density at radius 3 is 1.75 bits per heavy atom. The Morgan fingerprint density at radius 2 is 1.21 bits per heavy atom. The van der Waals surface area contributed by atoms with Gasteiger partial charge in [-0.1, -0.05) is 114 Å². The lowest BCUT2D eigenvalue weighted by Crippen LogP contribution is -1.90. The highest BCUT2D eigenvalue weighted by Crippen LogP contribution is 2.41. The van der Waals surface area contributed by atoms with Gasteiger partial charge in [-0.05, 0) is 18.9 Å². The van der Waals surface area contributed by atoms with Crippen LogP contribution in [-0.2, 0) is 4.74 Å². The zero-order valence-corrected chi connectivity index (χ0v) is 16.1. The van der Waals surface area contributed by atoms with Crippen molar-refractivity contribution in [3.63, 3.8) is 0 Å². The van der Waals surface area contributed by atoms with E-state index in [0.29, 0.717) is 12.2 Å². The predicted octanol–water partition coefficient (Wildman–Crippen LogP) is 7.53. The molecule has 0 N–H and O–H groups in total. The van der Waals surface area contributed by atoms with Crippen LogP contribution in [0.5, 0.6) is 0 Å². The monoisotopic (exact) mass is 330 g/mol. The largest absolute Gasteiger partial charge is 0.365 e. The average Bonchev–Trinajstić information content (AvgIpc) is 3.36. The summed E-state index contributed by atoms with van der Waals surface area (Å²) < 4.78 is 5.84. The summed E-state index contributed by atoms with van der Waals surface area (Å²) in [5.41, 5.74) is 2.70. The lowest BCUT2D eigenvalue weighted by atomic mass is 10.0. The molecule has 1 aromatic rings. The van der Waals surface area contributed by atoms with E-state index >= 15 is 0 Å². The second-order valence-electron chi connectivity index (χ2n) is 7.68. The minimum absolute atomic E-state index is 0.387. The average molecular weight is 331 g/mol. The third kappa shape index (κ3) is 7.83. The van der Waals surface area contributed by atoms with E-state index in [1.807, 2.05) is 0 Å². The number of rotatable bonds is 14. The van der Waals surface area contributed by atoms with Gasteiger partial charge >= 0.3 is 0 Å². The highest BCUT2D eigenvalue weighted by atomic mass is 16.6. The van der Waals surface area contributed by atoms with E-state index in [9.17, 15) is 0 Å². The van der Waals surface area contributed by atoms with Crippen LogP contribution in [0.2, 0.25) is 0 Å². The lowest BCUT2D eigenvalue weighted by molar-refractivity contribution is 0.360. The number of hydrogen-bond acceptors (Lipinski definition) is 1. The van der Waals surface area contributed by atoms with Gasteiger partial charge in [0.15, 0.2) is 0 Å². The number of aryl methyl sites for hydroxylation is 1. The Hall–Kier alpha value is -0.820. The molecule has 0 bridgehead atoms. The van der Waals surface area contributed by atoms with Crippen molar-refractivity contribution in [2.75, 3.05) is 0 Å². The van der Waals surface area contributed by atoms with Gasteiger partial charge in [0.05, 0.1) is 6.10 Å². The van der Waals surface area contributed by atoms with E-state index in [-0.39, 0.29) is 0 Å². The number of benzene rings is 1. The molecule has 1 heteroatoms. The third-order valence-electron chi connectivity index (χ3n) is 5.33. The van der Waals surface area contributed by atoms with Gasteiger partial charge in [-0.3, -0.25) is 0 Å². The standard InChI is InChI=1S/C23H38O/c1-3-4-5-6-7-8-9-10-11-12-13-14-15-22-23(24-22)21-18-16-20(2)17-19-21/h16-19,22-23H,3-15H2,1-2H3. The van der Waals surface area contributed by atoms with Crippen LogP contribution in [0.3, 0.4) is 0 Å². The molecule has 1 aromatic carbocycles. The zero-order chi connectivity index (χ0) is 17.0. The molecule has 0 saturated carbocycles. The number of unbranched alkanes of at least 4 members (excludes halogenated alkanes) is 11. The van der Waals surface area contributed by atoms with Crippen LogP contribution in [0, 0.1) is 6.92 Å². The van der Waals surface area contributed by atoms with Gasteiger partial charge in [-0.2, -0.15) is 0 Å². The molecular weight excluding hydrogens is 292 g/mol. The quantitative estimate of drug-likeness (QED) is 0.254. The van der Waals surface area contributed by atoms with Crippen LogP contribution in [0.25, 0.3) is 0 Å². The molecule has 0 radical (unpaired) electrons. The first-order chi connectivity index (χ1) is 11.8. The summed E-state index contributed by atoms with van der Waals surface area (Å²) in [7, 11) is 0. The van der Waals surface area contributed by atoms with Crippen molar-refractivity contribution in [2.45, 2.75) is 110 Å². The highest BCUT2D eigenvalue weighted by molar-refractivity contribution is 5.26. The summed E-state index contributed by atoms with van der Waals surface area (Å²) in [5, 5.41) is 0. The van der Waals surface area contributed by atoms with Crippen molar-refractivity contribution in [1.82, 2.24) is 0 Å². The second kappa shape index (κ2) is 11.7. The molecule has 1 aliphatic rings. The van der Waals surface area contributed by atoms with Crippen LogP contribution < -0.4 is 0 Å². The Balaban J connectivity index is 1.36. The molecule has 1 fully saturated rings. The van der Waals surface area contributed by atoms with E-state index in [1.54, 1.807) is 0 Å². The van der Waals surface area contributed by atoms with E-state index in [1.165, 1.54) is 94.6 Å². The van der Waals surface area contributed by atoms with Gasteiger partial charge in [-0.25, -0.2) is 0 Å². The summed E-state index contributed by atoms with van der Waals surface area (Å²) in [4.78, 5) is 0. The zero-order valence-electron chi connectivity index (χ0n) is 16.1. The molecule has 2 atom stereocenters. The van der Waals surface area contributed by atoms with Gasteiger partial charge < -0.3 is 4.74 Å². The highest BCUT2D eigenvalue weighted by Gasteiger charge is 2.38. The maximum atomic E-state index is 5.84. The normalized spacial score (nSPS) is 19.6. The fourth-order valence-corrected chi connectivity index (χ4v) is 3.60. The van der Waals surface area contributed by atoms with Crippen molar-refractivity contribution in [1.29, 1.82) is 0 Å². The van der Waals surface area contributed by atoms with Crippen molar-refractivity contribution < 1.29 is 4.74 Å². The van der Waals surface area contributed by atoms with E-state index < -0.39 is 0 Å². The summed E-state index contributed by atoms with van der Waals surface area (Å²) in [6.45, 7) is 4.43. The van der Waals surface area contributed by atoms with Gasteiger partial charge in [0, 0.05) is 0 Å². The SMILES string of the molecule is CCCCCCCCCCCCCCC1OC1c1ccc(C)cc1. The number of ether oxygens (including phenoxy) is 1. The van der Waals surface area contributed by atoms with Crippen LogP contribution in [-0.4, -0.2) is 6.10 Å². The molecule has 0 aromatic heterocycles. The maximum Gasteiger partial charge on any atom is 0.109 e. The van der Waals surface area contributed by atoms with Crippen LogP contribution >= 0.6 is 0 Å². The van der Waals surface area contributed by atoms with Crippen LogP contribution in [0.1, 0.15) is 108 Å². The van der Waals surface area contributed by atoms with Crippen molar-refractivity contribution in [2.24, 2.45) is 0 Å². The second-order valence-corrected chi connectivity index (χ2v) is 7.68. The molecule has 0 amide bonds. The van der Waals surface area contributed by atoms with Gasteiger partial charge in [0.25, 0.3) is 0 Å². The van der Waals surface area contributed by atoms with Crippen molar-refractivity contribution in [3.8, 4) is 0 Å². The summed E-state index contributed by atoms with van der Waals surface area (Å²) >= 11 is 0. The minimum Gasteiger partial charge on any atom is -0.365 e. The molecule has 2 rings (SSSR count). The summed E-state index contributed by atoms with van der Waals surface area (Å²) in [5.74, 6) is 0. The van der Waals surface area contributed by atoms with E-state index in [0.717, 1.165) is 0 Å². The lowest BCUT2D eigenvalue weighted by Gasteiger charge is -2.02. The number of hydrogen-bond donors (Lipinski definition) is 0. The maximum absolute atomic E-state index is 5.84. The first-order valence-electron chi connectivity index (χ1n) is 10.5. The predicted molar refractivity (Wildman–Crippen MR) is 104 cm³/mol. The van der Waals surface area contributed by atoms with E-state index in [4.69, 9.17) is 4.74 Å². The molecule has 24 heavy (non-hydrogen) atoms. The smallest absolute Gasteiger partial charge is 0.109 e. The molecule has 0 aliphatic carbocycles. The van der Waals surface area contributed by atoms with Gasteiger partial charge in [0.1, 0.15) is 6.10 Å². The number of epoxide rings is 1. The van der Waals surface area contributed by atoms with Gasteiger partial charge in [-0.15, -0.1) is 0 Å². The molecule has 1 saturated heterocycles. The molecular formula is C23H38O. The fraction of sp³-hybridized carbons (Fsp3) is 0.739. The molecule has 2 unspecified atom stereocenters. The third-order valence-corrected chi connectivity index (χ3v) is 5.33. The first-order valence-corrected chi connectivity index (χ1v) is 10.5. The Kier molecular flexibility index (Phi) is 9.50. The van der Waals surface area contributed by atoms with Crippen molar-refractivity contribution in [3.05, 3.63) is 35.4 Å². The Bertz CT molecular complexity index is 422. The van der Waals surface area contributed by atoms with Gasteiger partial charge in [0.2, 0.25) is 0 Å². The summed E-state index contributed by atoms with van der Waals surface area (Å²) in [6, 6.07) is 8.83. The van der Waals surface area contributed by atoms with Crippen molar-refractivity contribution >= 4 is 0 Å². The molecule has 1 heterocycles.